The number of hydrogen-bond acceptors (Lipinski definition) is 7. The molecule has 0 radical (unpaired) electrons. The van der Waals surface area contributed by atoms with E-state index in [-0.39, 0.29) is 17.9 Å². The Hall–Kier alpha value is -4.31. The Kier molecular flexibility index (Phi) is 8.58. The molecule has 0 unspecified atom stereocenters. The lowest BCUT2D eigenvalue weighted by Crippen LogP contribution is -2.27. The van der Waals surface area contributed by atoms with Crippen molar-refractivity contribution in [3.05, 3.63) is 106 Å². The van der Waals surface area contributed by atoms with Crippen molar-refractivity contribution in [2.75, 3.05) is 12.4 Å². The average molecular weight is 604 g/mol. The molecule has 0 fully saturated rings. The van der Waals surface area contributed by atoms with Crippen LogP contribution in [0.25, 0.3) is 27.6 Å². The molecule has 8 nitrogen and oxygen atoms in total. The second-order valence-electron chi connectivity index (χ2n) is 8.93. The Morgan fingerprint density at radius 1 is 0.927 bits per heavy atom. The first-order valence-corrected chi connectivity index (χ1v) is 14.1. The van der Waals surface area contributed by atoms with Crippen LogP contribution in [0.5, 0.6) is 0 Å². The molecule has 0 bridgehead atoms. The number of carbonyl (C=O) groups excluding carboxylic acids is 2. The van der Waals surface area contributed by atoms with E-state index in [1.54, 1.807) is 30.8 Å². The third-order valence-corrected chi connectivity index (χ3v) is 8.00. The molecule has 0 aliphatic carbocycles. The predicted octanol–water partition coefficient (Wildman–Crippen LogP) is 7.06. The maximum absolute atomic E-state index is 13.4. The molecule has 2 aromatic heterocycles. The average Bonchev–Trinajstić information content (AvgIpc) is 3.60. The van der Waals surface area contributed by atoms with Crippen LogP contribution in [0, 0.1) is 6.92 Å². The molecule has 5 rings (SSSR count). The number of hydrazone groups is 1. The first-order chi connectivity index (χ1) is 19.8. The molecule has 2 heterocycles. The number of aryl methyl sites for hydroxylation is 1. The van der Waals surface area contributed by atoms with E-state index in [0.29, 0.717) is 31.4 Å². The van der Waals surface area contributed by atoms with Gasteiger partial charge in [-0.15, -0.1) is 0 Å². The van der Waals surface area contributed by atoms with Crippen molar-refractivity contribution in [2.24, 2.45) is 5.10 Å². The summed E-state index contributed by atoms with van der Waals surface area (Å²) >= 11 is 13.3. The summed E-state index contributed by atoms with van der Waals surface area (Å²) in [5, 5.41) is 12.8. The van der Waals surface area contributed by atoms with Crippen molar-refractivity contribution < 1.29 is 9.59 Å². The molecule has 0 saturated heterocycles. The summed E-state index contributed by atoms with van der Waals surface area (Å²) < 4.78 is 1.76. The minimum absolute atomic E-state index is 0.00773. The number of nitrogens with one attached hydrogen (secondary N) is 2. The van der Waals surface area contributed by atoms with E-state index >= 15 is 0 Å². The van der Waals surface area contributed by atoms with E-state index in [4.69, 9.17) is 33.3 Å². The maximum Gasteiger partial charge on any atom is 0.272 e. The fraction of sp³-hybridized carbons (Fsp3) is 0.100. The van der Waals surface area contributed by atoms with E-state index in [0.717, 1.165) is 22.5 Å². The normalized spacial score (nSPS) is 11.4. The first-order valence-electron chi connectivity index (χ1n) is 12.6. The molecule has 0 aliphatic heterocycles. The van der Waals surface area contributed by atoms with E-state index in [9.17, 15) is 9.59 Å². The molecule has 3 aromatic carbocycles. The Labute approximate surface area is 250 Å². The van der Waals surface area contributed by atoms with Gasteiger partial charge in [0.15, 0.2) is 5.78 Å². The number of benzene rings is 3. The molecule has 11 heteroatoms. The molecule has 2 N–H and O–H groups in total. The van der Waals surface area contributed by atoms with Gasteiger partial charge in [-0.05, 0) is 31.2 Å². The monoisotopic (exact) mass is 602 g/mol. The number of Topliss-reactive ketones (excluding diaryl/α,β-unsaturated/α-hetero) is 1. The van der Waals surface area contributed by atoms with Crippen LogP contribution in [0.1, 0.15) is 21.8 Å². The van der Waals surface area contributed by atoms with E-state index in [2.05, 4.69) is 15.8 Å². The van der Waals surface area contributed by atoms with Crippen LogP contribution < -0.4 is 10.7 Å². The van der Waals surface area contributed by atoms with Crippen LogP contribution in [0.2, 0.25) is 10.0 Å². The number of ketones is 1. The number of thiazole rings is 1. The lowest BCUT2D eigenvalue weighted by molar-refractivity contribution is -0.110. The highest BCUT2D eigenvalue weighted by molar-refractivity contribution is 7.16. The zero-order chi connectivity index (χ0) is 28.9. The summed E-state index contributed by atoms with van der Waals surface area (Å²) in [6, 6.07) is 26.5. The minimum atomic E-state index is -0.542. The SMILES string of the molecule is CNN=C(CC(=O)c1sc(-n2nc(-c3ccccc3)cc2-c2ccccc2)nc1C)C(=O)Nc1ccc(Cl)c(Cl)c1. The third-order valence-electron chi connectivity index (χ3n) is 6.08. The highest BCUT2D eigenvalue weighted by Gasteiger charge is 2.24. The van der Waals surface area contributed by atoms with Gasteiger partial charge in [-0.2, -0.15) is 10.2 Å². The van der Waals surface area contributed by atoms with E-state index in [1.807, 2.05) is 66.7 Å². The van der Waals surface area contributed by atoms with Gasteiger partial charge in [0, 0.05) is 23.9 Å². The van der Waals surface area contributed by atoms with Crippen LogP contribution in [0.3, 0.4) is 0 Å². The molecular formula is C30H24Cl2N6O2S. The fourth-order valence-electron chi connectivity index (χ4n) is 4.14. The van der Waals surface area contributed by atoms with E-state index in [1.165, 1.54) is 17.4 Å². The number of anilines is 1. The Bertz CT molecular complexity index is 1750. The molecule has 0 aliphatic rings. The minimum Gasteiger partial charge on any atom is -0.321 e. The number of amides is 1. The molecule has 41 heavy (non-hydrogen) atoms. The fourth-order valence-corrected chi connectivity index (χ4v) is 5.41. The molecule has 0 saturated carbocycles. The van der Waals surface area contributed by atoms with Crippen molar-refractivity contribution >= 4 is 57.6 Å². The number of halogens is 2. The van der Waals surface area contributed by atoms with Gasteiger partial charge in [-0.25, -0.2) is 9.67 Å². The molecule has 5 aromatic rings. The molecule has 0 atom stereocenters. The van der Waals surface area contributed by atoms with Gasteiger partial charge in [0.1, 0.15) is 5.71 Å². The molecule has 1 amide bonds. The predicted molar refractivity (Wildman–Crippen MR) is 165 cm³/mol. The highest BCUT2D eigenvalue weighted by atomic mass is 35.5. The summed E-state index contributed by atoms with van der Waals surface area (Å²) in [5.74, 6) is -0.833. The molecule has 0 spiro atoms. The topological polar surface area (TPSA) is 101 Å². The van der Waals surface area contributed by atoms with Gasteiger partial charge in [-0.1, -0.05) is 95.2 Å². The summed E-state index contributed by atoms with van der Waals surface area (Å²) in [6.45, 7) is 1.77. The second kappa shape index (κ2) is 12.5. The van der Waals surface area contributed by atoms with Crippen LogP contribution >= 0.6 is 34.5 Å². The second-order valence-corrected chi connectivity index (χ2v) is 10.7. The molecule has 206 valence electrons. The zero-order valence-electron chi connectivity index (χ0n) is 22.1. The maximum atomic E-state index is 13.4. The van der Waals surface area contributed by atoms with Crippen LogP contribution in [-0.4, -0.2) is 39.2 Å². The van der Waals surface area contributed by atoms with Crippen LogP contribution in [0.15, 0.2) is 90.0 Å². The van der Waals surface area contributed by atoms with Gasteiger partial charge in [0.2, 0.25) is 5.13 Å². The van der Waals surface area contributed by atoms with Gasteiger partial charge < -0.3 is 10.7 Å². The van der Waals surface area contributed by atoms with Crippen molar-refractivity contribution in [1.82, 2.24) is 20.2 Å². The zero-order valence-corrected chi connectivity index (χ0v) is 24.4. The number of aromatic nitrogens is 3. The lowest BCUT2D eigenvalue weighted by atomic mass is 10.1. The Balaban J connectivity index is 1.44. The quantitative estimate of drug-likeness (QED) is 0.107. The number of nitrogens with zero attached hydrogens (tertiary/aromatic N) is 4. The number of rotatable bonds is 9. The summed E-state index contributed by atoms with van der Waals surface area (Å²) in [5.41, 5.74) is 7.14. The van der Waals surface area contributed by atoms with Crippen LogP contribution in [0.4, 0.5) is 5.69 Å². The smallest absolute Gasteiger partial charge is 0.272 e. The summed E-state index contributed by atoms with van der Waals surface area (Å²) in [7, 11) is 1.56. The van der Waals surface area contributed by atoms with Crippen LogP contribution in [-0.2, 0) is 4.79 Å². The summed E-state index contributed by atoms with van der Waals surface area (Å²) in [4.78, 5) is 31.5. The standard InChI is InChI=1S/C30H24Cl2N6O2S/c1-18-28(27(39)17-25(36-33-2)29(40)35-21-13-14-22(31)23(32)15-21)41-30(34-18)38-26(20-11-7-4-8-12-20)16-24(37-38)19-9-5-3-6-10-19/h3-16,33H,17H2,1-2H3,(H,35,40). The Morgan fingerprint density at radius 3 is 2.27 bits per heavy atom. The van der Waals surface area contributed by atoms with Gasteiger partial charge in [0.05, 0.1) is 38.4 Å². The largest absolute Gasteiger partial charge is 0.321 e. The number of carbonyl (C=O) groups is 2. The van der Waals surface area contributed by atoms with Crippen molar-refractivity contribution in [3.8, 4) is 27.6 Å². The Morgan fingerprint density at radius 2 is 1.61 bits per heavy atom. The lowest BCUT2D eigenvalue weighted by Gasteiger charge is -2.08. The third kappa shape index (κ3) is 6.38. The van der Waals surface area contributed by atoms with Gasteiger partial charge in [0.25, 0.3) is 5.91 Å². The highest BCUT2D eigenvalue weighted by Crippen LogP contribution is 2.32. The molecular weight excluding hydrogens is 579 g/mol. The first kappa shape index (κ1) is 28.2. The van der Waals surface area contributed by atoms with E-state index < -0.39 is 5.91 Å². The van der Waals surface area contributed by atoms with Crippen molar-refractivity contribution in [2.45, 2.75) is 13.3 Å². The van der Waals surface area contributed by atoms with Crippen molar-refractivity contribution in [3.63, 3.8) is 0 Å². The van der Waals surface area contributed by atoms with Crippen molar-refractivity contribution in [1.29, 1.82) is 0 Å². The van der Waals surface area contributed by atoms with Gasteiger partial charge >= 0.3 is 0 Å². The summed E-state index contributed by atoms with van der Waals surface area (Å²) in [6.07, 6.45) is -0.240. The van der Waals surface area contributed by atoms with Gasteiger partial charge in [-0.3, -0.25) is 9.59 Å². The number of hydrogen-bond donors (Lipinski definition) is 2.